The lowest BCUT2D eigenvalue weighted by Gasteiger charge is -2.04. The van der Waals surface area contributed by atoms with Crippen LogP contribution in [0.15, 0.2) is 54.7 Å². The number of hydrogen-bond acceptors (Lipinski definition) is 4. The van der Waals surface area contributed by atoms with E-state index in [0.717, 1.165) is 16.9 Å². The second kappa shape index (κ2) is 9.01. The quantitative estimate of drug-likeness (QED) is 0.382. The molecule has 0 aliphatic rings. The third kappa shape index (κ3) is 4.85. The zero-order valence-corrected chi connectivity index (χ0v) is 18.5. The number of amides is 1. The van der Waals surface area contributed by atoms with Crippen molar-refractivity contribution in [1.29, 1.82) is 0 Å². The molecule has 0 fully saturated rings. The van der Waals surface area contributed by atoms with Crippen LogP contribution >= 0.6 is 34.8 Å². The van der Waals surface area contributed by atoms with E-state index in [9.17, 15) is 4.79 Å². The molecule has 0 aliphatic carbocycles. The molecule has 2 N–H and O–H groups in total. The molecule has 4 aromatic rings. The minimum atomic E-state index is -0.408. The highest BCUT2D eigenvalue weighted by atomic mass is 35.5. The Hall–Kier alpha value is -3.00. The molecule has 0 spiro atoms. The minimum Gasteiger partial charge on any atom is -0.497 e. The number of nitrogens with one attached hydrogen (secondary N) is 2. The van der Waals surface area contributed by atoms with E-state index in [2.05, 4.69) is 20.6 Å². The van der Waals surface area contributed by atoms with Crippen LogP contribution in [0.4, 0.5) is 5.82 Å². The highest BCUT2D eigenvalue weighted by Crippen LogP contribution is 2.25. The Kier molecular flexibility index (Phi) is 6.18. The van der Waals surface area contributed by atoms with Gasteiger partial charge in [-0.3, -0.25) is 14.6 Å². The second-order valence-electron chi connectivity index (χ2n) is 6.62. The van der Waals surface area contributed by atoms with E-state index in [1.807, 2.05) is 30.3 Å². The maximum Gasteiger partial charge on any atom is 0.274 e. The van der Waals surface area contributed by atoms with Crippen molar-refractivity contribution in [1.82, 2.24) is 20.0 Å². The lowest BCUT2D eigenvalue weighted by Crippen LogP contribution is -2.13. The van der Waals surface area contributed by atoms with E-state index in [-0.39, 0.29) is 11.5 Å². The molecule has 0 radical (unpaired) electrons. The fraction of sp³-hybridized carbons (Fsp3) is 0.0952. The molecule has 1 amide bonds. The van der Waals surface area contributed by atoms with Crippen LogP contribution in [0.3, 0.4) is 0 Å². The molecule has 0 unspecified atom stereocenters. The zero-order chi connectivity index (χ0) is 22.0. The molecule has 0 saturated heterocycles. The molecule has 0 bridgehead atoms. The number of aromatic amines is 1. The van der Waals surface area contributed by atoms with Crippen LogP contribution in [0.2, 0.25) is 15.1 Å². The van der Waals surface area contributed by atoms with E-state index < -0.39 is 5.91 Å². The molecule has 31 heavy (non-hydrogen) atoms. The van der Waals surface area contributed by atoms with Gasteiger partial charge in [0.2, 0.25) is 0 Å². The average molecular weight is 477 g/mol. The predicted octanol–water partition coefficient (Wildman–Crippen LogP) is 5.54. The Morgan fingerprint density at radius 3 is 2.55 bits per heavy atom. The normalized spacial score (nSPS) is 10.8. The van der Waals surface area contributed by atoms with Crippen LogP contribution in [0, 0.1) is 0 Å². The van der Waals surface area contributed by atoms with Gasteiger partial charge in [0.05, 0.1) is 29.4 Å². The van der Waals surface area contributed by atoms with Crippen molar-refractivity contribution in [3.05, 3.63) is 81.1 Å². The smallest absolute Gasteiger partial charge is 0.274 e. The first-order chi connectivity index (χ1) is 14.9. The van der Waals surface area contributed by atoms with E-state index in [4.69, 9.17) is 39.5 Å². The number of methoxy groups -OCH3 is 1. The standard InChI is InChI=1S/C21H16Cl3N5O2/c1-31-14-5-3-13(4-6-14)18-9-19(27-26-18)21(30)25-20-17(24)11-29(28-20)10-12-2-7-15(22)16(23)8-12/h2-9,11H,10H2,1H3,(H,26,27)(H,25,28,30). The zero-order valence-electron chi connectivity index (χ0n) is 16.2. The molecular formula is C21H16Cl3N5O2. The number of carbonyl (C=O) groups is 1. The molecule has 7 nitrogen and oxygen atoms in total. The first-order valence-corrected chi connectivity index (χ1v) is 10.2. The van der Waals surface area contributed by atoms with Gasteiger partial charge in [-0.25, -0.2) is 0 Å². The number of hydrogen-bond donors (Lipinski definition) is 2. The molecule has 2 aromatic heterocycles. The van der Waals surface area contributed by atoms with Gasteiger partial charge in [-0.15, -0.1) is 0 Å². The Balaban J connectivity index is 1.46. The molecule has 158 valence electrons. The summed E-state index contributed by atoms with van der Waals surface area (Å²) in [6.07, 6.45) is 1.62. The third-order valence-electron chi connectivity index (χ3n) is 4.49. The first-order valence-electron chi connectivity index (χ1n) is 9.11. The summed E-state index contributed by atoms with van der Waals surface area (Å²) < 4.78 is 6.75. The SMILES string of the molecule is COc1ccc(-c2cc(C(=O)Nc3nn(Cc4ccc(Cl)c(Cl)c4)cc3Cl)[nH]n2)cc1. The molecular weight excluding hydrogens is 461 g/mol. The van der Waals surface area contributed by atoms with Gasteiger partial charge in [0, 0.05) is 11.8 Å². The fourth-order valence-electron chi connectivity index (χ4n) is 2.91. The lowest BCUT2D eigenvalue weighted by atomic mass is 10.1. The van der Waals surface area contributed by atoms with Crippen molar-refractivity contribution < 1.29 is 9.53 Å². The number of halogens is 3. The van der Waals surface area contributed by atoms with Gasteiger partial charge in [0.15, 0.2) is 5.82 Å². The number of aromatic nitrogens is 4. The number of carbonyl (C=O) groups excluding carboxylic acids is 1. The second-order valence-corrected chi connectivity index (χ2v) is 7.84. The number of benzene rings is 2. The molecule has 2 aromatic carbocycles. The monoisotopic (exact) mass is 475 g/mol. The van der Waals surface area contributed by atoms with Crippen LogP contribution < -0.4 is 10.1 Å². The molecule has 10 heteroatoms. The van der Waals surface area contributed by atoms with Gasteiger partial charge in [-0.2, -0.15) is 10.2 Å². The summed E-state index contributed by atoms with van der Waals surface area (Å²) >= 11 is 18.2. The summed E-state index contributed by atoms with van der Waals surface area (Å²) in [5.41, 5.74) is 2.65. The average Bonchev–Trinajstić information content (AvgIpc) is 3.38. The maximum atomic E-state index is 12.6. The maximum absolute atomic E-state index is 12.6. The highest BCUT2D eigenvalue weighted by molar-refractivity contribution is 6.42. The van der Waals surface area contributed by atoms with Gasteiger partial charge < -0.3 is 10.1 Å². The van der Waals surface area contributed by atoms with Crippen LogP contribution in [-0.4, -0.2) is 33.0 Å². The summed E-state index contributed by atoms with van der Waals surface area (Å²) in [5.74, 6) is 0.574. The van der Waals surface area contributed by atoms with E-state index >= 15 is 0 Å². The molecule has 0 saturated carbocycles. The number of rotatable bonds is 6. The summed E-state index contributed by atoms with van der Waals surface area (Å²) in [5, 5.41) is 15.2. The highest BCUT2D eigenvalue weighted by Gasteiger charge is 2.16. The number of ether oxygens (including phenoxy) is 1. The molecule has 2 heterocycles. The number of nitrogens with zero attached hydrogens (tertiary/aromatic N) is 3. The van der Waals surface area contributed by atoms with Crippen molar-refractivity contribution in [2.45, 2.75) is 6.54 Å². The largest absolute Gasteiger partial charge is 0.497 e. The Morgan fingerprint density at radius 2 is 1.84 bits per heavy atom. The van der Waals surface area contributed by atoms with Gasteiger partial charge >= 0.3 is 0 Å². The Bertz CT molecular complexity index is 1230. The molecule has 0 aliphatic heterocycles. The summed E-state index contributed by atoms with van der Waals surface area (Å²) in [6, 6.07) is 14.3. The van der Waals surface area contributed by atoms with Crippen molar-refractivity contribution in [3.8, 4) is 17.0 Å². The topological polar surface area (TPSA) is 84.8 Å². The predicted molar refractivity (Wildman–Crippen MR) is 121 cm³/mol. The summed E-state index contributed by atoms with van der Waals surface area (Å²) in [7, 11) is 1.60. The van der Waals surface area contributed by atoms with Crippen LogP contribution in [0.5, 0.6) is 5.75 Å². The van der Waals surface area contributed by atoms with Gasteiger partial charge in [0.25, 0.3) is 5.91 Å². The Labute approximate surface area is 192 Å². The van der Waals surface area contributed by atoms with Gasteiger partial charge in [-0.05, 0) is 48.0 Å². The van der Waals surface area contributed by atoms with Crippen molar-refractivity contribution >= 4 is 46.5 Å². The fourth-order valence-corrected chi connectivity index (χ4v) is 3.43. The van der Waals surface area contributed by atoms with E-state index in [1.54, 1.807) is 36.2 Å². The number of anilines is 1. The van der Waals surface area contributed by atoms with Crippen molar-refractivity contribution in [3.63, 3.8) is 0 Å². The summed E-state index contributed by atoms with van der Waals surface area (Å²) in [6.45, 7) is 0.415. The van der Waals surface area contributed by atoms with Crippen LogP contribution in [-0.2, 0) is 6.54 Å². The molecule has 0 atom stereocenters. The van der Waals surface area contributed by atoms with Crippen molar-refractivity contribution in [2.24, 2.45) is 0 Å². The van der Waals surface area contributed by atoms with Crippen molar-refractivity contribution in [2.75, 3.05) is 12.4 Å². The first kappa shape index (κ1) is 21.2. The van der Waals surface area contributed by atoms with Crippen LogP contribution in [0.25, 0.3) is 11.3 Å². The third-order valence-corrected chi connectivity index (χ3v) is 5.50. The van der Waals surface area contributed by atoms with Crippen LogP contribution in [0.1, 0.15) is 16.1 Å². The van der Waals surface area contributed by atoms with Gasteiger partial charge in [0.1, 0.15) is 16.5 Å². The van der Waals surface area contributed by atoms with E-state index in [0.29, 0.717) is 27.3 Å². The summed E-state index contributed by atoms with van der Waals surface area (Å²) in [4.78, 5) is 12.6. The van der Waals surface area contributed by atoms with E-state index in [1.165, 1.54) is 0 Å². The van der Waals surface area contributed by atoms with Gasteiger partial charge in [-0.1, -0.05) is 40.9 Å². The number of H-pyrrole nitrogens is 1. The lowest BCUT2D eigenvalue weighted by molar-refractivity contribution is 0.102. The minimum absolute atomic E-state index is 0.243. The Morgan fingerprint density at radius 1 is 1.06 bits per heavy atom. The molecule has 4 rings (SSSR count).